The lowest BCUT2D eigenvalue weighted by molar-refractivity contribution is -0.136. The summed E-state index contributed by atoms with van der Waals surface area (Å²) in [6.07, 6.45) is 13.4. The number of benzene rings is 1. The number of nitrogens with zero attached hydrogens (tertiary/aromatic N) is 4. The molecule has 6 rings (SSSR count). The molecule has 1 aliphatic carbocycles. The number of carbonyl (C=O) groups is 1. The summed E-state index contributed by atoms with van der Waals surface area (Å²) in [5.41, 5.74) is 6.17. The van der Waals surface area contributed by atoms with Gasteiger partial charge in [-0.2, -0.15) is 0 Å². The van der Waals surface area contributed by atoms with E-state index in [4.69, 9.17) is 14.5 Å². The van der Waals surface area contributed by atoms with Crippen molar-refractivity contribution in [1.82, 2.24) is 14.5 Å². The predicted molar refractivity (Wildman–Crippen MR) is 154 cm³/mol. The number of rotatable bonds is 7. The molecule has 2 fully saturated rings. The molecule has 2 aromatic heterocycles. The van der Waals surface area contributed by atoms with E-state index in [0.29, 0.717) is 5.41 Å². The van der Waals surface area contributed by atoms with Crippen molar-refractivity contribution < 1.29 is 14.3 Å². The van der Waals surface area contributed by atoms with Gasteiger partial charge in [0.05, 0.1) is 14.2 Å². The molecule has 0 bridgehead atoms. The summed E-state index contributed by atoms with van der Waals surface area (Å²) in [6.45, 7) is 6.36. The molecule has 3 aliphatic rings. The number of carbonyl (C=O) groups excluding carboxylic acids is 1. The lowest BCUT2D eigenvalue weighted by Gasteiger charge is -2.40. The Morgan fingerprint density at radius 3 is 2.46 bits per heavy atom. The zero-order valence-corrected chi connectivity index (χ0v) is 23.1. The first kappa shape index (κ1) is 25.7. The topological polar surface area (TPSA) is 59.8 Å². The van der Waals surface area contributed by atoms with Crippen LogP contribution in [0, 0.1) is 5.41 Å². The quantitative estimate of drug-likeness (QED) is 0.387. The molecule has 1 spiro atoms. The molecule has 2 saturated heterocycles. The van der Waals surface area contributed by atoms with Gasteiger partial charge in [-0.15, -0.1) is 0 Å². The van der Waals surface area contributed by atoms with Gasteiger partial charge in [-0.25, -0.2) is 9.78 Å². The van der Waals surface area contributed by atoms with Crippen LogP contribution in [0.2, 0.25) is 0 Å². The van der Waals surface area contributed by atoms with E-state index >= 15 is 0 Å². The summed E-state index contributed by atoms with van der Waals surface area (Å²) in [5, 5.41) is 1.23. The fourth-order valence-corrected chi connectivity index (χ4v) is 6.59. The molecule has 1 aromatic carbocycles. The number of likely N-dealkylation sites (tertiary alicyclic amines) is 1. The molecular formula is C32H38N4O3. The molecule has 204 valence electrons. The third-order valence-corrected chi connectivity index (χ3v) is 8.94. The van der Waals surface area contributed by atoms with E-state index in [1.54, 1.807) is 7.11 Å². The summed E-state index contributed by atoms with van der Waals surface area (Å²) >= 11 is 0. The Hall–Kier alpha value is -3.58. The molecule has 39 heavy (non-hydrogen) atoms. The second kappa shape index (κ2) is 10.9. The van der Waals surface area contributed by atoms with Crippen molar-refractivity contribution in [1.29, 1.82) is 0 Å². The molecule has 0 saturated carbocycles. The fraction of sp³-hybridized carbons (Fsp3) is 0.438. The highest BCUT2D eigenvalue weighted by atomic mass is 16.5. The van der Waals surface area contributed by atoms with Crippen LogP contribution in [0.3, 0.4) is 0 Å². The maximum atomic E-state index is 11.8. The number of allylic oxidation sites excluding steroid dienone is 3. The van der Waals surface area contributed by atoms with Crippen LogP contribution in [-0.4, -0.2) is 60.8 Å². The number of pyridine rings is 1. The number of ether oxygens (including phenoxy) is 2. The SMILES string of the molecule is COC(=O)C1=CC=C(Cn2ccc3c(N4CCC5(CCN(Cc6ccc(OC)cc6)C5)CC4)ccnc32)CC1. The molecule has 0 unspecified atom stereocenters. The summed E-state index contributed by atoms with van der Waals surface area (Å²) in [4.78, 5) is 21.8. The van der Waals surface area contributed by atoms with Gasteiger partial charge in [0, 0.05) is 61.8 Å². The number of anilines is 1. The first-order valence-corrected chi connectivity index (χ1v) is 14.1. The lowest BCUT2D eigenvalue weighted by Crippen LogP contribution is -2.41. The fourth-order valence-electron chi connectivity index (χ4n) is 6.59. The minimum Gasteiger partial charge on any atom is -0.497 e. The maximum Gasteiger partial charge on any atom is 0.333 e. The minimum absolute atomic E-state index is 0.228. The van der Waals surface area contributed by atoms with E-state index in [0.717, 1.165) is 56.0 Å². The molecule has 2 aliphatic heterocycles. The monoisotopic (exact) mass is 526 g/mol. The molecule has 7 heteroatoms. The summed E-state index contributed by atoms with van der Waals surface area (Å²) in [6, 6.07) is 12.9. The Morgan fingerprint density at radius 1 is 0.949 bits per heavy atom. The van der Waals surface area contributed by atoms with Gasteiger partial charge < -0.3 is 18.9 Å². The number of fused-ring (bicyclic) bond motifs is 1. The summed E-state index contributed by atoms with van der Waals surface area (Å²) in [5.74, 6) is 0.691. The third-order valence-electron chi connectivity index (χ3n) is 8.94. The van der Waals surface area contributed by atoms with Crippen molar-refractivity contribution in [2.75, 3.05) is 45.3 Å². The van der Waals surface area contributed by atoms with Crippen molar-refractivity contribution in [3.8, 4) is 5.75 Å². The van der Waals surface area contributed by atoms with Crippen molar-refractivity contribution in [2.45, 2.75) is 45.2 Å². The van der Waals surface area contributed by atoms with Gasteiger partial charge in [-0.05, 0) is 73.9 Å². The molecule has 3 aromatic rings. The maximum absolute atomic E-state index is 11.8. The van der Waals surface area contributed by atoms with E-state index < -0.39 is 0 Å². The second-order valence-corrected chi connectivity index (χ2v) is 11.3. The number of hydrogen-bond donors (Lipinski definition) is 0. The Bertz CT molecular complexity index is 1400. The van der Waals surface area contributed by atoms with Gasteiger partial charge in [0.2, 0.25) is 0 Å². The summed E-state index contributed by atoms with van der Waals surface area (Å²) < 4.78 is 12.4. The highest BCUT2D eigenvalue weighted by molar-refractivity contribution is 5.90. The number of piperidine rings is 1. The lowest BCUT2D eigenvalue weighted by atomic mass is 9.77. The van der Waals surface area contributed by atoms with Crippen LogP contribution in [-0.2, 0) is 22.6 Å². The van der Waals surface area contributed by atoms with Gasteiger partial charge in [-0.3, -0.25) is 4.90 Å². The highest BCUT2D eigenvalue weighted by Crippen LogP contribution is 2.42. The Morgan fingerprint density at radius 2 is 1.74 bits per heavy atom. The summed E-state index contributed by atoms with van der Waals surface area (Å²) in [7, 11) is 3.15. The van der Waals surface area contributed by atoms with Gasteiger partial charge in [0.15, 0.2) is 0 Å². The second-order valence-electron chi connectivity index (χ2n) is 11.3. The zero-order valence-electron chi connectivity index (χ0n) is 23.1. The van der Waals surface area contributed by atoms with Gasteiger partial charge in [0.25, 0.3) is 0 Å². The number of esters is 1. The van der Waals surface area contributed by atoms with Gasteiger partial charge in [0.1, 0.15) is 11.4 Å². The number of hydrogen-bond acceptors (Lipinski definition) is 6. The average Bonchev–Trinajstić information content (AvgIpc) is 3.57. The average molecular weight is 527 g/mol. The molecule has 0 N–H and O–H groups in total. The van der Waals surface area contributed by atoms with E-state index in [9.17, 15) is 4.79 Å². The van der Waals surface area contributed by atoms with E-state index in [2.05, 4.69) is 63.0 Å². The smallest absolute Gasteiger partial charge is 0.333 e. The van der Waals surface area contributed by atoms with Crippen molar-refractivity contribution in [3.05, 3.63) is 77.7 Å². The van der Waals surface area contributed by atoms with Gasteiger partial charge in [-0.1, -0.05) is 29.9 Å². The Balaban J connectivity index is 1.09. The van der Waals surface area contributed by atoms with Gasteiger partial charge >= 0.3 is 5.97 Å². The normalized spacial score (nSPS) is 19.3. The van der Waals surface area contributed by atoms with Crippen LogP contribution < -0.4 is 9.64 Å². The van der Waals surface area contributed by atoms with E-state index in [1.807, 2.05) is 12.3 Å². The van der Waals surface area contributed by atoms with Crippen LogP contribution in [0.15, 0.2) is 72.1 Å². The van der Waals surface area contributed by atoms with Crippen molar-refractivity contribution in [2.24, 2.45) is 5.41 Å². The van der Waals surface area contributed by atoms with Crippen LogP contribution in [0.5, 0.6) is 5.75 Å². The van der Waals surface area contributed by atoms with E-state index in [1.165, 1.54) is 61.7 Å². The Kier molecular flexibility index (Phi) is 7.17. The molecule has 7 nitrogen and oxygen atoms in total. The molecule has 0 radical (unpaired) electrons. The highest BCUT2D eigenvalue weighted by Gasteiger charge is 2.40. The number of aromatic nitrogens is 2. The largest absolute Gasteiger partial charge is 0.497 e. The van der Waals surface area contributed by atoms with Crippen LogP contribution in [0.25, 0.3) is 11.0 Å². The van der Waals surface area contributed by atoms with Crippen LogP contribution >= 0.6 is 0 Å². The standard InChI is InChI=1S/C32H38N4O3/c1-38-27-9-5-24(6-10-27)21-34-18-13-32(23-34)14-19-35(20-15-32)29-11-16-33-30-28(29)12-17-36(30)22-25-3-7-26(8-4-25)31(37)39-2/h3,5-7,9-12,16-17H,4,8,13-15,18-23H2,1-2H3. The minimum atomic E-state index is -0.228. The van der Waals surface area contributed by atoms with Crippen LogP contribution in [0.1, 0.15) is 37.7 Å². The van der Waals surface area contributed by atoms with Crippen molar-refractivity contribution >= 4 is 22.7 Å². The van der Waals surface area contributed by atoms with E-state index in [-0.39, 0.29) is 5.97 Å². The predicted octanol–water partition coefficient (Wildman–Crippen LogP) is 5.36. The molecule has 4 heterocycles. The van der Waals surface area contributed by atoms with Crippen LogP contribution in [0.4, 0.5) is 5.69 Å². The van der Waals surface area contributed by atoms with Crippen molar-refractivity contribution in [3.63, 3.8) is 0 Å². The molecule has 0 atom stereocenters. The third kappa shape index (κ3) is 5.33. The first-order valence-electron chi connectivity index (χ1n) is 14.1. The molecular weight excluding hydrogens is 488 g/mol. The Labute approximate surface area is 230 Å². The molecule has 0 amide bonds. The zero-order chi connectivity index (χ0) is 26.8. The number of methoxy groups -OCH3 is 2. The first-order chi connectivity index (χ1) is 19.1.